The van der Waals surface area contributed by atoms with Gasteiger partial charge in [-0.2, -0.15) is 0 Å². The second-order valence-corrected chi connectivity index (χ2v) is 5.93. The molecule has 0 bridgehead atoms. The standard InChI is InChI=1S/C17H16Cl2N2O2/c1-12(22)21(10-13-5-7-14(18)8-6-13)11-17(23)20-16-4-2-3-15(19)9-16/h2-9H,10-11H2,1H3,(H,20,23). The van der Waals surface area contributed by atoms with Crippen LogP contribution in [0.3, 0.4) is 0 Å². The van der Waals surface area contributed by atoms with Crippen molar-refractivity contribution in [3.63, 3.8) is 0 Å². The minimum absolute atomic E-state index is 0.0372. The number of hydrogen-bond donors (Lipinski definition) is 1. The average Bonchev–Trinajstić information content (AvgIpc) is 2.48. The highest BCUT2D eigenvalue weighted by atomic mass is 35.5. The van der Waals surface area contributed by atoms with E-state index in [1.165, 1.54) is 11.8 Å². The summed E-state index contributed by atoms with van der Waals surface area (Å²) in [5.74, 6) is -0.461. The molecule has 0 heterocycles. The van der Waals surface area contributed by atoms with Gasteiger partial charge >= 0.3 is 0 Å². The van der Waals surface area contributed by atoms with Crippen LogP contribution in [0.1, 0.15) is 12.5 Å². The maximum atomic E-state index is 12.1. The van der Waals surface area contributed by atoms with Gasteiger partial charge in [0.25, 0.3) is 0 Å². The Hall–Kier alpha value is -2.04. The molecule has 2 amide bonds. The molecular formula is C17H16Cl2N2O2. The van der Waals surface area contributed by atoms with E-state index in [1.807, 2.05) is 12.1 Å². The second-order valence-electron chi connectivity index (χ2n) is 5.06. The summed E-state index contributed by atoms with van der Waals surface area (Å²) in [5.41, 5.74) is 1.50. The van der Waals surface area contributed by atoms with Crippen molar-refractivity contribution in [2.24, 2.45) is 0 Å². The minimum Gasteiger partial charge on any atom is -0.329 e. The van der Waals surface area contributed by atoms with E-state index in [2.05, 4.69) is 5.32 Å². The van der Waals surface area contributed by atoms with Gasteiger partial charge < -0.3 is 10.2 Å². The van der Waals surface area contributed by atoms with Crippen LogP contribution in [0, 0.1) is 0 Å². The number of nitrogens with zero attached hydrogens (tertiary/aromatic N) is 1. The lowest BCUT2D eigenvalue weighted by molar-refractivity contribution is -0.133. The zero-order valence-electron chi connectivity index (χ0n) is 12.6. The fourth-order valence-corrected chi connectivity index (χ4v) is 2.35. The third kappa shape index (κ3) is 5.58. The summed E-state index contributed by atoms with van der Waals surface area (Å²) in [5, 5.41) is 3.89. The van der Waals surface area contributed by atoms with Crippen molar-refractivity contribution in [3.8, 4) is 0 Å². The summed E-state index contributed by atoms with van der Waals surface area (Å²) in [6.45, 7) is 1.74. The van der Waals surface area contributed by atoms with E-state index in [4.69, 9.17) is 23.2 Å². The smallest absolute Gasteiger partial charge is 0.244 e. The number of anilines is 1. The van der Waals surface area contributed by atoms with Crippen LogP contribution in [0.25, 0.3) is 0 Å². The summed E-state index contributed by atoms with van der Waals surface area (Å²) in [7, 11) is 0. The molecule has 2 aromatic carbocycles. The molecule has 0 aliphatic rings. The monoisotopic (exact) mass is 350 g/mol. The first-order valence-corrected chi connectivity index (χ1v) is 7.75. The maximum Gasteiger partial charge on any atom is 0.244 e. The Labute approximate surface area is 145 Å². The quantitative estimate of drug-likeness (QED) is 0.886. The Morgan fingerprint density at radius 3 is 2.35 bits per heavy atom. The lowest BCUT2D eigenvalue weighted by atomic mass is 10.2. The molecule has 2 aromatic rings. The fraction of sp³-hybridized carbons (Fsp3) is 0.176. The van der Waals surface area contributed by atoms with Crippen LogP contribution in [0.2, 0.25) is 10.0 Å². The first-order valence-electron chi connectivity index (χ1n) is 6.99. The van der Waals surface area contributed by atoms with Crippen LogP contribution in [0.4, 0.5) is 5.69 Å². The van der Waals surface area contributed by atoms with E-state index in [1.54, 1.807) is 36.4 Å². The van der Waals surface area contributed by atoms with E-state index in [9.17, 15) is 9.59 Å². The number of amides is 2. The largest absolute Gasteiger partial charge is 0.329 e. The predicted octanol–water partition coefficient (Wildman–Crippen LogP) is 3.98. The molecule has 0 unspecified atom stereocenters. The molecule has 120 valence electrons. The van der Waals surface area contributed by atoms with E-state index in [0.717, 1.165) is 5.56 Å². The summed E-state index contributed by atoms with van der Waals surface area (Å²) >= 11 is 11.7. The molecule has 0 aliphatic carbocycles. The van der Waals surface area contributed by atoms with E-state index in [-0.39, 0.29) is 18.4 Å². The third-order valence-electron chi connectivity index (χ3n) is 3.17. The van der Waals surface area contributed by atoms with Crippen molar-refractivity contribution >= 4 is 40.7 Å². The van der Waals surface area contributed by atoms with Gasteiger partial charge in [0, 0.05) is 29.2 Å². The van der Waals surface area contributed by atoms with Crippen molar-refractivity contribution in [1.29, 1.82) is 0 Å². The topological polar surface area (TPSA) is 49.4 Å². The number of nitrogens with one attached hydrogen (secondary N) is 1. The second kappa shape index (κ2) is 7.99. The van der Waals surface area contributed by atoms with Crippen LogP contribution >= 0.6 is 23.2 Å². The normalized spacial score (nSPS) is 10.2. The third-order valence-corrected chi connectivity index (χ3v) is 3.66. The molecule has 4 nitrogen and oxygen atoms in total. The van der Waals surface area contributed by atoms with E-state index in [0.29, 0.717) is 22.3 Å². The van der Waals surface area contributed by atoms with E-state index >= 15 is 0 Å². The average molecular weight is 351 g/mol. The number of hydrogen-bond acceptors (Lipinski definition) is 2. The summed E-state index contributed by atoms with van der Waals surface area (Å²) < 4.78 is 0. The Morgan fingerprint density at radius 1 is 1.04 bits per heavy atom. The van der Waals surface area contributed by atoms with Crippen LogP contribution < -0.4 is 5.32 Å². The van der Waals surface area contributed by atoms with Gasteiger partial charge in [-0.1, -0.05) is 41.4 Å². The molecule has 0 spiro atoms. The predicted molar refractivity (Wildman–Crippen MR) is 92.6 cm³/mol. The molecule has 0 saturated heterocycles. The number of rotatable bonds is 5. The van der Waals surface area contributed by atoms with Gasteiger partial charge in [0.2, 0.25) is 11.8 Å². The van der Waals surface area contributed by atoms with Crippen molar-refractivity contribution in [2.75, 3.05) is 11.9 Å². The Bertz CT molecular complexity index is 702. The summed E-state index contributed by atoms with van der Waals surface area (Å²) in [4.78, 5) is 25.3. The lowest BCUT2D eigenvalue weighted by Gasteiger charge is -2.20. The van der Waals surface area contributed by atoms with Gasteiger partial charge in [-0.3, -0.25) is 9.59 Å². The number of halogens is 2. The van der Waals surface area contributed by atoms with Gasteiger partial charge in [0.15, 0.2) is 0 Å². The fourth-order valence-electron chi connectivity index (χ4n) is 2.03. The molecule has 0 aromatic heterocycles. The van der Waals surface area contributed by atoms with Crippen molar-refractivity contribution in [2.45, 2.75) is 13.5 Å². The number of benzene rings is 2. The van der Waals surface area contributed by atoms with Crippen LogP contribution in [-0.4, -0.2) is 23.3 Å². The van der Waals surface area contributed by atoms with Gasteiger partial charge in [0.1, 0.15) is 6.54 Å². The molecule has 23 heavy (non-hydrogen) atoms. The molecule has 6 heteroatoms. The molecule has 0 saturated carbocycles. The summed E-state index contributed by atoms with van der Waals surface area (Å²) in [6.07, 6.45) is 0. The first-order chi connectivity index (χ1) is 10.9. The first kappa shape index (κ1) is 17.3. The van der Waals surface area contributed by atoms with E-state index < -0.39 is 0 Å². The van der Waals surface area contributed by atoms with Crippen molar-refractivity contribution < 1.29 is 9.59 Å². The molecule has 2 rings (SSSR count). The lowest BCUT2D eigenvalue weighted by Crippen LogP contribution is -2.36. The molecule has 0 fully saturated rings. The highest BCUT2D eigenvalue weighted by Gasteiger charge is 2.14. The van der Waals surface area contributed by atoms with Gasteiger partial charge in [-0.05, 0) is 35.9 Å². The number of carbonyl (C=O) groups excluding carboxylic acids is 2. The maximum absolute atomic E-state index is 12.1. The van der Waals surface area contributed by atoms with Gasteiger partial charge in [-0.15, -0.1) is 0 Å². The zero-order chi connectivity index (χ0) is 16.8. The highest BCUT2D eigenvalue weighted by molar-refractivity contribution is 6.31. The summed E-state index contributed by atoms with van der Waals surface area (Å²) in [6, 6.07) is 14.0. The van der Waals surface area contributed by atoms with Crippen molar-refractivity contribution in [1.82, 2.24) is 4.90 Å². The van der Waals surface area contributed by atoms with Crippen LogP contribution in [0.5, 0.6) is 0 Å². The SMILES string of the molecule is CC(=O)N(CC(=O)Nc1cccc(Cl)c1)Cc1ccc(Cl)cc1. The minimum atomic E-state index is -0.281. The molecular weight excluding hydrogens is 335 g/mol. The molecule has 1 N–H and O–H groups in total. The highest BCUT2D eigenvalue weighted by Crippen LogP contribution is 2.15. The zero-order valence-corrected chi connectivity index (χ0v) is 14.1. The van der Waals surface area contributed by atoms with Crippen LogP contribution in [-0.2, 0) is 16.1 Å². The molecule has 0 atom stereocenters. The molecule has 0 aliphatic heterocycles. The van der Waals surface area contributed by atoms with Gasteiger partial charge in [-0.25, -0.2) is 0 Å². The van der Waals surface area contributed by atoms with Crippen LogP contribution in [0.15, 0.2) is 48.5 Å². The molecule has 0 radical (unpaired) electrons. The Kier molecular flexibility index (Phi) is 6.02. The Morgan fingerprint density at radius 2 is 1.74 bits per heavy atom. The van der Waals surface area contributed by atoms with Crippen molar-refractivity contribution in [3.05, 3.63) is 64.1 Å². The van der Waals surface area contributed by atoms with Gasteiger partial charge in [0.05, 0.1) is 0 Å². The number of carbonyl (C=O) groups is 2. The Balaban J connectivity index is 1.99.